The average Bonchev–Trinajstić information content (AvgIpc) is 3.20. The number of hydrogen-bond donors (Lipinski definition) is 5. The Balaban J connectivity index is 1.47. The maximum absolute atomic E-state index is 6.23. The van der Waals surface area contributed by atoms with Crippen molar-refractivity contribution in [2.75, 3.05) is 41.3 Å². The standard InChI is InChI=1S/C22H34N10/c23-15-7-16(24)10-31(9-15)21-28-20(27-19-5-4-13-2-1-3-14(13)6-19)29-22(30-21)32-11-17(25)8-18(26)12-32/h4-6,15-18H,1-3,7-12,23-26H2,(H,27,28,29,30). The van der Waals surface area contributed by atoms with Crippen LogP contribution < -0.4 is 38.1 Å². The molecule has 10 nitrogen and oxygen atoms in total. The zero-order valence-corrected chi connectivity index (χ0v) is 18.5. The van der Waals surface area contributed by atoms with Gasteiger partial charge in [-0.05, 0) is 55.4 Å². The van der Waals surface area contributed by atoms with Gasteiger partial charge in [0.2, 0.25) is 17.8 Å². The lowest BCUT2D eigenvalue weighted by Gasteiger charge is -2.37. The molecular weight excluding hydrogens is 404 g/mol. The highest BCUT2D eigenvalue weighted by Crippen LogP contribution is 2.27. The van der Waals surface area contributed by atoms with Crippen LogP contribution in [0.15, 0.2) is 18.2 Å². The first-order valence-electron chi connectivity index (χ1n) is 11.6. The lowest BCUT2D eigenvalue weighted by molar-refractivity contribution is 0.441. The molecule has 3 aliphatic rings. The van der Waals surface area contributed by atoms with Crippen molar-refractivity contribution in [3.63, 3.8) is 0 Å². The summed E-state index contributed by atoms with van der Waals surface area (Å²) in [4.78, 5) is 18.4. The number of piperidine rings is 2. The average molecular weight is 439 g/mol. The predicted molar refractivity (Wildman–Crippen MR) is 127 cm³/mol. The van der Waals surface area contributed by atoms with Crippen LogP contribution >= 0.6 is 0 Å². The molecule has 0 radical (unpaired) electrons. The zero-order valence-electron chi connectivity index (χ0n) is 18.5. The fraction of sp³-hybridized carbons (Fsp3) is 0.591. The first-order chi connectivity index (χ1) is 15.4. The van der Waals surface area contributed by atoms with Gasteiger partial charge >= 0.3 is 0 Å². The molecule has 4 atom stereocenters. The van der Waals surface area contributed by atoms with E-state index in [9.17, 15) is 0 Å². The zero-order chi connectivity index (χ0) is 22.2. The maximum atomic E-state index is 6.23. The Morgan fingerprint density at radius 3 is 1.81 bits per heavy atom. The summed E-state index contributed by atoms with van der Waals surface area (Å²) in [6.45, 7) is 2.64. The van der Waals surface area contributed by atoms with E-state index < -0.39 is 0 Å². The minimum Gasteiger partial charge on any atom is -0.338 e. The molecule has 32 heavy (non-hydrogen) atoms. The first kappa shape index (κ1) is 21.3. The minimum absolute atomic E-state index is 0.0103. The highest BCUT2D eigenvalue weighted by Gasteiger charge is 2.28. The van der Waals surface area contributed by atoms with E-state index >= 15 is 0 Å². The van der Waals surface area contributed by atoms with E-state index in [-0.39, 0.29) is 24.2 Å². The number of anilines is 4. The van der Waals surface area contributed by atoms with Gasteiger partial charge in [-0.25, -0.2) is 0 Å². The van der Waals surface area contributed by atoms with Crippen LogP contribution in [0.5, 0.6) is 0 Å². The number of nitrogens with two attached hydrogens (primary N) is 4. The van der Waals surface area contributed by atoms with Crippen LogP contribution in [0, 0.1) is 0 Å². The normalized spacial score (nSPS) is 28.0. The first-order valence-corrected chi connectivity index (χ1v) is 11.6. The lowest BCUT2D eigenvalue weighted by Crippen LogP contribution is -2.54. The molecular formula is C22H34N10. The van der Waals surface area contributed by atoms with Crippen LogP contribution in [-0.4, -0.2) is 65.3 Å². The van der Waals surface area contributed by atoms with Crippen molar-refractivity contribution in [3.8, 4) is 0 Å². The topological polar surface area (TPSA) is 161 Å². The van der Waals surface area contributed by atoms with Crippen LogP contribution in [-0.2, 0) is 12.8 Å². The summed E-state index contributed by atoms with van der Waals surface area (Å²) in [5.41, 5.74) is 28.7. The van der Waals surface area contributed by atoms with E-state index in [0.29, 0.717) is 44.0 Å². The molecule has 3 heterocycles. The van der Waals surface area contributed by atoms with Crippen LogP contribution in [0.4, 0.5) is 23.5 Å². The Bertz CT molecular complexity index is 901. The van der Waals surface area contributed by atoms with E-state index in [2.05, 4.69) is 33.3 Å². The van der Waals surface area contributed by atoms with Gasteiger partial charge < -0.3 is 38.1 Å². The Kier molecular flexibility index (Phi) is 5.85. The number of rotatable bonds is 4. The number of fused-ring (bicyclic) bond motifs is 1. The summed E-state index contributed by atoms with van der Waals surface area (Å²) in [6.07, 6.45) is 5.07. The van der Waals surface area contributed by atoms with Crippen molar-refractivity contribution < 1.29 is 0 Å². The number of hydrogen-bond acceptors (Lipinski definition) is 10. The summed E-state index contributed by atoms with van der Waals surface area (Å²) < 4.78 is 0. The van der Waals surface area contributed by atoms with E-state index in [4.69, 9.17) is 37.9 Å². The molecule has 5 rings (SSSR count). The van der Waals surface area contributed by atoms with Gasteiger partial charge in [0, 0.05) is 56.0 Å². The van der Waals surface area contributed by atoms with Crippen molar-refractivity contribution in [1.29, 1.82) is 0 Å². The van der Waals surface area contributed by atoms with E-state index in [1.54, 1.807) is 0 Å². The van der Waals surface area contributed by atoms with Crippen molar-refractivity contribution >= 4 is 23.5 Å². The molecule has 1 aromatic heterocycles. The molecule has 10 heteroatoms. The molecule has 2 saturated heterocycles. The van der Waals surface area contributed by atoms with Crippen LogP contribution in [0.25, 0.3) is 0 Å². The van der Waals surface area contributed by atoms with E-state index in [1.165, 1.54) is 17.5 Å². The molecule has 2 aliphatic heterocycles. The molecule has 172 valence electrons. The van der Waals surface area contributed by atoms with Gasteiger partial charge in [-0.2, -0.15) is 15.0 Å². The van der Waals surface area contributed by atoms with Crippen LogP contribution in [0.2, 0.25) is 0 Å². The van der Waals surface area contributed by atoms with Gasteiger partial charge in [0.05, 0.1) is 0 Å². The second-order valence-corrected chi connectivity index (χ2v) is 9.54. The van der Waals surface area contributed by atoms with Gasteiger partial charge in [0.1, 0.15) is 0 Å². The van der Waals surface area contributed by atoms with E-state index in [1.807, 2.05) is 0 Å². The van der Waals surface area contributed by atoms with Crippen molar-refractivity contribution in [2.45, 2.75) is 56.3 Å². The quantitative estimate of drug-likeness (QED) is 0.433. The lowest BCUT2D eigenvalue weighted by atomic mass is 10.0. The predicted octanol–water partition coefficient (Wildman–Crippen LogP) is -0.167. The summed E-state index contributed by atoms with van der Waals surface area (Å²) >= 11 is 0. The molecule has 2 fully saturated rings. The molecule has 1 aliphatic carbocycles. The summed E-state index contributed by atoms with van der Waals surface area (Å²) in [5, 5.41) is 3.40. The van der Waals surface area contributed by atoms with Gasteiger partial charge in [-0.15, -0.1) is 0 Å². The molecule has 2 aromatic rings. The Hall–Kier alpha value is -2.53. The Morgan fingerprint density at radius 1 is 0.719 bits per heavy atom. The SMILES string of the molecule is NC1CC(N)CN(c2nc(Nc3ccc4c(c3)CCC4)nc(N3CC(N)CC(N)C3)n2)C1. The van der Waals surface area contributed by atoms with Crippen molar-refractivity contribution in [3.05, 3.63) is 29.3 Å². The van der Waals surface area contributed by atoms with Crippen LogP contribution in [0.1, 0.15) is 30.4 Å². The minimum atomic E-state index is -0.0103. The third-order valence-corrected chi connectivity index (χ3v) is 6.56. The summed E-state index contributed by atoms with van der Waals surface area (Å²) in [6, 6.07) is 6.44. The Morgan fingerprint density at radius 2 is 1.25 bits per heavy atom. The van der Waals surface area contributed by atoms with Gasteiger partial charge in [-0.1, -0.05) is 6.07 Å². The number of nitrogens with zero attached hydrogens (tertiary/aromatic N) is 5. The molecule has 9 N–H and O–H groups in total. The summed E-state index contributed by atoms with van der Waals surface area (Å²) in [5.74, 6) is 1.66. The maximum Gasteiger partial charge on any atom is 0.233 e. The fourth-order valence-electron chi connectivity index (χ4n) is 5.16. The van der Waals surface area contributed by atoms with Gasteiger partial charge in [0.25, 0.3) is 0 Å². The molecule has 0 saturated carbocycles. The molecule has 0 amide bonds. The van der Waals surface area contributed by atoms with Gasteiger partial charge in [0.15, 0.2) is 0 Å². The van der Waals surface area contributed by atoms with E-state index in [0.717, 1.165) is 31.4 Å². The van der Waals surface area contributed by atoms with Gasteiger partial charge in [-0.3, -0.25) is 0 Å². The number of benzene rings is 1. The smallest absolute Gasteiger partial charge is 0.233 e. The number of aromatic nitrogens is 3. The highest BCUT2D eigenvalue weighted by molar-refractivity contribution is 5.59. The Labute approximate surface area is 188 Å². The molecule has 4 unspecified atom stereocenters. The highest BCUT2D eigenvalue weighted by atomic mass is 15.4. The molecule has 0 bridgehead atoms. The third kappa shape index (κ3) is 4.63. The van der Waals surface area contributed by atoms with Crippen molar-refractivity contribution in [2.24, 2.45) is 22.9 Å². The van der Waals surface area contributed by atoms with Crippen LogP contribution in [0.3, 0.4) is 0 Å². The monoisotopic (exact) mass is 438 g/mol. The number of nitrogens with one attached hydrogen (secondary N) is 1. The number of aryl methyl sites for hydroxylation is 2. The molecule has 0 spiro atoms. The molecule has 1 aromatic carbocycles. The largest absolute Gasteiger partial charge is 0.338 e. The third-order valence-electron chi connectivity index (χ3n) is 6.56. The second kappa shape index (κ2) is 8.78. The van der Waals surface area contributed by atoms with Crippen molar-refractivity contribution in [1.82, 2.24) is 15.0 Å². The second-order valence-electron chi connectivity index (χ2n) is 9.54. The summed E-state index contributed by atoms with van der Waals surface area (Å²) in [7, 11) is 0. The fourth-order valence-corrected chi connectivity index (χ4v) is 5.16.